The highest BCUT2D eigenvalue weighted by Crippen LogP contribution is 2.27. The molecule has 0 aromatic heterocycles. The number of anilines is 2. The average molecular weight is 291 g/mol. The molecular weight excluding hydrogens is 276 g/mol. The molecule has 1 amide bonds. The molecule has 5 heteroatoms. The number of benzene rings is 2. The number of methoxy groups -OCH3 is 1. The molecule has 0 radical (unpaired) electrons. The van der Waals surface area contributed by atoms with E-state index in [2.05, 4.69) is 5.32 Å². The maximum atomic E-state index is 12.2. The molecular formula is C15H15ClN2O2. The van der Waals surface area contributed by atoms with Crippen molar-refractivity contribution in [2.45, 2.75) is 6.92 Å². The molecule has 0 unspecified atom stereocenters. The van der Waals surface area contributed by atoms with Crippen LogP contribution in [0, 0.1) is 6.92 Å². The lowest BCUT2D eigenvalue weighted by atomic mass is 10.1. The predicted molar refractivity (Wildman–Crippen MR) is 81.5 cm³/mol. The summed E-state index contributed by atoms with van der Waals surface area (Å²) in [6, 6.07) is 10.2. The Morgan fingerprint density at radius 3 is 2.65 bits per heavy atom. The quantitative estimate of drug-likeness (QED) is 0.851. The Balaban J connectivity index is 2.27. The Morgan fingerprint density at radius 2 is 2.00 bits per heavy atom. The average Bonchev–Trinajstić information content (AvgIpc) is 2.42. The number of aryl methyl sites for hydroxylation is 1. The fraction of sp³-hybridized carbons (Fsp3) is 0.133. The third-order valence-corrected chi connectivity index (χ3v) is 3.32. The van der Waals surface area contributed by atoms with Gasteiger partial charge in [0.1, 0.15) is 5.75 Å². The second-order valence-electron chi connectivity index (χ2n) is 4.38. The summed E-state index contributed by atoms with van der Waals surface area (Å²) in [5, 5.41) is 3.41. The van der Waals surface area contributed by atoms with Gasteiger partial charge >= 0.3 is 0 Å². The molecule has 0 spiro atoms. The van der Waals surface area contributed by atoms with Gasteiger partial charge in [-0.2, -0.15) is 0 Å². The van der Waals surface area contributed by atoms with Crippen molar-refractivity contribution in [3.05, 3.63) is 52.5 Å². The zero-order valence-electron chi connectivity index (χ0n) is 11.2. The van der Waals surface area contributed by atoms with Crippen molar-refractivity contribution in [1.29, 1.82) is 0 Å². The van der Waals surface area contributed by atoms with Gasteiger partial charge in [0.15, 0.2) is 0 Å². The standard InChI is InChI=1S/C15H15ClN2O2/c1-9-7-10(3-5-12(9)16)15(19)18-13-8-11(17)4-6-14(13)20-2/h3-8H,17H2,1-2H3,(H,18,19). The molecule has 2 rings (SSSR count). The van der Waals surface area contributed by atoms with Crippen LogP contribution in [0.2, 0.25) is 5.02 Å². The van der Waals surface area contributed by atoms with Crippen LogP contribution in [0.5, 0.6) is 5.75 Å². The van der Waals surface area contributed by atoms with E-state index in [1.165, 1.54) is 7.11 Å². The third kappa shape index (κ3) is 3.03. The van der Waals surface area contributed by atoms with Crippen molar-refractivity contribution in [2.24, 2.45) is 0 Å². The highest BCUT2D eigenvalue weighted by molar-refractivity contribution is 6.31. The molecule has 0 saturated carbocycles. The minimum atomic E-state index is -0.242. The molecule has 0 aliphatic rings. The summed E-state index contributed by atoms with van der Waals surface area (Å²) in [4.78, 5) is 12.2. The monoisotopic (exact) mass is 290 g/mol. The summed E-state index contributed by atoms with van der Waals surface area (Å²) >= 11 is 5.95. The van der Waals surface area contributed by atoms with Gasteiger partial charge < -0.3 is 15.8 Å². The predicted octanol–water partition coefficient (Wildman–Crippen LogP) is 3.49. The fourth-order valence-electron chi connectivity index (χ4n) is 1.80. The number of ether oxygens (including phenoxy) is 1. The normalized spacial score (nSPS) is 10.2. The lowest BCUT2D eigenvalue weighted by molar-refractivity contribution is 0.102. The molecule has 3 N–H and O–H groups in total. The third-order valence-electron chi connectivity index (χ3n) is 2.89. The van der Waals surface area contributed by atoms with Gasteiger partial charge in [0.25, 0.3) is 5.91 Å². The molecule has 4 nitrogen and oxygen atoms in total. The lowest BCUT2D eigenvalue weighted by Crippen LogP contribution is -2.13. The lowest BCUT2D eigenvalue weighted by Gasteiger charge is -2.11. The number of hydrogen-bond donors (Lipinski definition) is 2. The second kappa shape index (κ2) is 5.84. The Bertz CT molecular complexity index is 656. The number of nitrogens with two attached hydrogens (primary N) is 1. The van der Waals surface area contributed by atoms with Crippen LogP contribution >= 0.6 is 11.6 Å². The number of carbonyl (C=O) groups excluding carboxylic acids is 1. The molecule has 2 aromatic carbocycles. The molecule has 104 valence electrons. The van der Waals surface area contributed by atoms with Gasteiger partial charge in [0.2, 0.25) is 0 Å². The first-order valence-corrected chi connectivity index (χ1v) is 6.40. The molecule has 2 aromatic rings. The Labute approximate surface area is 122 Å². The van der Waals surface area contributed by atoms with Gasteiger partial charge in [0, 0.05) is 16.3 Å². The van der Waals surface area contributed by atoms with E-state index >= 15 is 0 Å². The van der Waals surface area contributed by atoms with Crippen LogP contribution in [0.4, 0.5) is 11.4 Å². The second-order valence-corrected chi connectivity index (χ2v) is 4.79. The van der Waals surface area contributed by atoms with E-state index in [1.54, 1.807) is 36.4 Å². The number of nitrogens with one attached hydrogen (secondary N) is 1. The maximum Gasteiger partial charge on any atom is 0.255 e. The molecule has 0 aliphatic carbocycles. The minimum Gasteiger partial charge on any atom is -0.495 e. The molecule has 0 fully saturated rings. The minimum absolute atomic E-state index is 0.242. The van der Waals surface area contributed by atoms with Crippen LogP contribution < -0.4 is 15.8 Å². The van der Waals surface area contributed by atoms with Gasteiger partial charge in [-0.1, -0.05) is 11.6 Å². The largest absolute Gasteiger partial charge is 0.495 e. The van der Waals surface area contributed by atoms with E-state index in [1.807, 2.05) is 6.92 Å². The summed E-state index contributed by atoms with van der Waals surface area (Å²) in [6.45, 7) is 1.85. The van der Waals surface area contributed by atoms with Gasteiger partial charge in [-0.3, -0.25) is 4.79 Å². The maximum absolute atomic E-state index is 12.2. The van der Waals surface area contributed by atoms with E-state index < -0.39 is 0 Å². The number of hydrogen-bond acceptors (Lipinski definition) is 3. The molecule has 0 atom stereocenters. The van der Waals surface area contributed by atoms with Crippen LogP contribution in [0.25, 0.3) is 0 Å². The van der Waals surface area contributed by atoms with Crippen molar-refractivity contribution in [3.63, 3.8) is 0 Å². The SMILES string of the molecule is COc1ccc(N)cc1NC(=O)c1ccc(Cl)c(C)c1. The summed E-state index contributed by atoms with van der Waals surface area (Å²) in [5.41, 5.74) is 8.17. The van der Waals surface area contributed by atoms with E-state index in [-0.39, 0.29) is 5.91 Å². The first-order chi connectivity index (χ1) is 9.51. The highest BCUT2D eigenvalue weighted by Gasteiger charge is 2.11. The first-order valence-electron chi connectivity index (χ1n) is 6.02. The van der Waals surface area contributed by atoms with Crippen molar-refractivity contribution in [1.82, 2.24) is 0 Å². The van der Waals surface area contributed by atoms with Gasteiger partial charge in [-0.15, -0.1) is 0 Å². The zero-order valence-corrected chi connectivity index (χ0v) is 12.0. The van der Waals surface area contributed by atoms with Crippen molar-refractivity contribution in [2.75, 3.05) is 18.2 Å². The van der Waals surface area contributed by atoms with Gasteiger partial charge in [0.05, 0.1) is 12.8 Å². The summed E-state index contributed by atoms with van der Waals surface area (Å²) in [6.07, 6.45) is 0. The van der Waals surface area contributed by atoms with Crippen LogP contribution in [0.15, 0.2) is 36.4 Å². The van der Waals surface area contributed by atoms with Crippen molar-refractivity contribution in [3.8, 4) is 5.75 Å². The summed E-state index contributed by atoms with van der Waals surface area (Å²) in [5.74, 6) is 0.312. The van der Waals surface area contributed by atoms with Crippen molar-refractivity contribution >= 4 is 28.9 Å². The van der Waals surface area contributed by atoms with Crippen LogP contribution in [0.1, 0.15) is 15.9 Å². The molecule has 20 heavy (non-hydrogen) atoms. The summed E-state index contributed by atoms with van der Waals surface area (Å²) < 4.78 is 5.19. The highest BCUT2D eigenvalue weighted by atomic mass is 35.5. The first kappa shape index (κ1) is 14.2. The number of amides is 1. The van der Waals surface area contributed by atoms with E-state index in [9.17, 15) is 4.79 Å². The number of rotatable bonds is 3. The number of carbonyl (C=O) groups is 1. The Kier molecular flexibility index (Phi) is 4.15. The smallest absolute Gasteiger partial charge is 0.255 e. The number of halogens is 1. The zero-order chi connectivity index (χ0) is 14.7. The number of nitrogen functional groups attached to an aromatic ring is 1. The van der Waals surface area contributed by atoms with E-state index in [0.717, 1.165) is 5.56 Å². The van der Waals surface area contributed by atoms with E-state index in [4.69, 9.17) is 22.1 Å². The topological polar surface area (TPSA) is 64.3 Å². The molecule has 0 aliphatic heterocycles. The molecule has 0 saturated heterocycles. The van der Waals surface area contributed by atoms with Crippen LogP contribution in [-0.4, -0.2) is 13.0 Å². The molecule has 0 heterocycles. The van der Waals surface area contributed by atoms with Gasteiger partial charge in [-0.25, -0.2) is 0 Å². The van der Waals surface area contributed by atoms with Crippen LogP contribution in [-0.2, 0) is 0 Å². The van der Waals surface area contributed by atoms with Gasteiger partial charge in [-0.05, 0) is 48.9 Å². The summed E-state index contributed by atoms with van der Waals surface area (Å²) in [7, 11) is 1.54. The van der Waals surface area contributed by atoms with Crippen LogP contribution in [0.3, 0.4) is 0 Å². The Morgan fingerprint density at radius 1 is 1.25 bits per heavy atom. The Hall–Kier alpha value is -2.20. The fourth-order valence-corrected chi connectivity index (χ4v) is 1.92. The molecule has 0 bridgehead atoms. The van der Waals surface area contributed by atoms with E-state index in [0.29, 0.717) is 27.7 Å². The van der Waals surface area contributed by atoms with Crippen molar-refractivity contribution < 1.29 is 9.53 Å².